The molecule has 1 aromatic heterocycles. The molecule has 3 heteroatoms. The minimum Gasteiger partial charge on any atom is -0.288 e. The third kappa shape index (κ3) is 2.63. The van der Waals surface area contributed by atoms with E-state index in [0.29, 0.717) is 5.56 Å². The largest absolute Gasteiger partial charge is 0.288 e. The first kappa shape index (κ1) is 16.2. The van der Waals surface area contributed by atoms with Crippen LogP contribution in [0.2, 0.25) is 0 Å². The zero-order valence-corrected chi connectivity index (χ0v) is 15.9. The Hall–Kier alpha value is -3.04. The van der Waals surface area contributed by atoms with Crippen LogP contribution < -0.4 is 0 Å². The van der Waals surface area contributed by atoms with Crippen molar-refractivity contribution in [3.63, 3.8) is 0 Å². The van der Waals surface area contributed by atoms with Crippen molar-refractivity contribution in [1.29, 1.82) is 0 Å². The summed E-state index contributed by atoms with van der Waals surface area (Å²) in [5.74, 6) is 0.0503. The Balaban J connectivity index is 1.82. The molecule has 128 valence electrons. The van der Waals surface area contributed by atoms with Gasteiger partial charge in [0, 0.05) is 21.2 Å². The first-order valence-corrected chi connectivity index (χ1v) is 9.52. The normalized spacial score (nSPS) is 12.0. The number of benzene rings is 3. The second kappa shape index (κ2) is 6.29. The number of pyridine rings is 1. The van der Waals surface area contributed by atoms with E-state index in [1.165, 1.54) is 0 Å². The van der Waals surface area contributed by atoms with Crippen molar-refractivity contribution in [2.75, 3.05) is 0 Å². The molecule has 0 aliphatic heterocycles. The Kier molecular flexibility index (Phi) is 3.76. The number of hydrogen-bond acceptors (Lipinski definition) is 2. The van der Waals surface area contributed by atoms with Crippen molar-refractivity contribution >= 4 is 21.7 Å². The standard InChI is InChI=1S/C24H14BrNO/c25-17-12-10-16(11-13-17)21-14-20(15-6-2-1-3-7-15)22-23(26-21)18-8-4-5-9-19(18)24(22)27/h1-14H. The summed E-state index contributed by atoms with van der Waals surface area (Å²) in [6.07, 6.45) is 0. The third-order valence-corrected chi connectivity index (χ3v) is 5.43. The summed E-state index contributed by atoms with van der Waals surface area (Å²) in [7, 11) is 0. The number of carbonyl (C=O) groups excluding carboxylic acids is 1. The van der Waals surface area contributed by atoms with E-state index >= 15 is 0 Å². The van der Waals surface area contributed by atoms with Gasteiger partial charge in [0.2, 0.25) is 0 Å². The Morgan fingerprint density at radius 2 is 1.33 bits per heavy atom. The van der Waals surface area contributed by atoms with Gasteiger partial charge < -0.3 is 0 Å². The predicted octanol–water partition coefficient (Wildman–Crippen LogP) is 6.39. The number of carbonyl (C=O) groups is 1. The molecule has 0 fully saturated rings. The Morgan fingerprint density at radius 1 is 0.667 bits per heavy atom. The molecule has 0 N–H and O–H groups in total. The molecule has 2 nitrogen and oxygen atoms in total. The van der Waals surface area contributed by atoms with E-state index in [1.54, 1.807) is 0 Å². The maximum absolute atomic E-state index is 13.1. The highest BCUT2D eigenvalue weighted by atomic mass is 79.9. The van der Waals surface area contributed by atoms with Crippen LogP contribution in [0.4, 0.5) is 0 Å². The maximum atomic E-state index is 13.1. The van der Waals surface area contributed by atoms with Crippen LogP contribution in [0.1, 0.15) is 15.9 Å². The summed E-state index contributed by atoms with van der Waals surface area (Å²) >= 11 is 3.48. The monoisotopic (exact) mass is 411 g/mol. The molecule has 0 amide bonds. The highest BCUT2D eigenvalue weighted by Crippen LogP contribution is 2.42. The van der Waals surface area contributed by atoms with Crippen LogP contribution in [0, 0.1) is 0 Å². The number of fused-ring (bicyclic) bond motifs is 3. The fourth-order valence-corrected chi connectivity index (χ4v) is 3.87. The van der Waals surface area contributed by atoms with E-state index in [9.17, 15) is 4.79 Å². The van der Waals surface area contributed by atoms with Gasteiger partial charge in [0.1, 0.15) is 0 Å². The van der Waals surface area contributed by atoms with Gasteiger partial charge in [-0.25, -0.2) is 4.98 Å². The van der Waals surface area contributed by atoms with Crippen LogP contribution in [-0.2, 0) is 0 Å². The van der Waals surface area contributed by atoms with Gasteiger partial charge in [-0.2, -0.15) is 0 Å². The zero-order valence-electron chi connectivity index (χ0n) is 14.3. The molecule has 0 spiro atoms. The number of aromatic nitrogens is 1. The fourth-order valence-electron chi connectivity index (χ4n) is 3.61. The number of ketones is 1. The first-order chi connectivity index (χ1) is 13.2. The molecule has 0 saturated carbocycles. The van der Waals surface area contributed by atoms with Crippen LogP contribution >= 0.6 is 15.9 Å². The zero-order chi connectivity index (χ0) is 18.4. The van der Waals surface area contributed by atoms with Gasteiger partial charge in [-0.05, 0) is 29.3 Å². The lowest BCUT2D eigenvalue weighted by atomic mass is 9.96. The van der Waals surface area contributed by atoms with Crippen molar-refractivity contribution in [1.82, 2.24) is 4.98 Å². The maximum Gasteiger partial charge on any atom is 0.196 e. The van der Waals surface area contributed by atoms with E-state index in [1.807, 2.05) is 84.9 Å². The van der Waals surface area contributed by atoms with E-state index < -0.39 is 0 Å². The summed E-state index contributed by atoms with van der Waals surface area (Å²) in [6, 6.07) is 27.9. The summed E-state index contributed by atoms with van der Waals surface area (Å²) in [4.78, 5) is 18.0. The van der Waals surface area contributed by atoms with Crippen molar-refractivity contribution in [2.45, 2.75) is 0 Å². The van der Waals surface area contributed by atoms with Gasteiger partial charge in [-0.3, -0.25) is 4.79 Å². The van der Waals surface area contributed by atoms with Gasteiger partial charge in [-0.15, -0.1) is 0 Å². The highest BCUT2D eigenvalue weighted by molar-refractivity contribution is 9.10. The molecule has 27 heavy (non-hydrogen) atoms. The van der Waals surface area contributed by atoms with Gasteiger partial charge in [0.15, 0.2) is 5.78 Å². The second-order valence-corrected chi connectivity index (χ2v) is 7.44. The lowest BCUT2D eigenvalue weighted by Gasteiger charge is -2.11. The number of rotatable bonds is 2. The minimum atomic E-state index is 0.0503. The molecule has 1 aliphatic rings. The van der Waals surface area contributed by atoms with Crippen LogP contribution in [0.3, 0.4) is 0 Å². The average Bonchev–Trinajstić information content (AvgIpc) is 3.01. The van der Waals surface area contributed by atoms with Crippen LogP contribution in [0.15, 0.2) is 89.4 Å². The molecule has 0 bridgehead atoms. The minimum absolute atomic E-state index is 0.0503. The van der Waals surface area contributed by atoms with Crippen LogP contribution in [-0.4, -0.2) is 10.8 Å². The molecule has 0 radical (unpaired) electrons. The van der Waals surface area contributed by atoms with Crippen molar-refractivity contribution in [2.24, 2.45) is 0 Å². The molecule has 1 aliphatic carbocycles. The number of hydrogen-bond donors (Lipinski definition) is 0. The summed E-state index contributed by atoms with van der Waals surface area (Å²) < 4.78 is 1.02. The van der Waals surface area contributed by atoms with Crippen molar-refractivity contribution < 1.29 is 4.79 Å². The van der Waals surface area contributed by atoms with Gasteiger partial charge in [0.05, 0.1) is 17.0 Å². The molecule has 5 rings (SSSR count). The molecule has 3 aromatic carbocycles. The van der Waals surface area contributed by atoms with Crippen LogP contribution in [0.25, 0.3) is 33.6 Å². The van der Waals surface area contributed by atoms with E-state index in [4.69, 9.17) is 4.98 Å². The van der Waals surface area contributed by atoms with Crippen molar-refractivity contribution in [3.8, 4) is 33.6 Å². The average molecular weight is 412 g/mol. The molecule has 0 saturated heterocycles. The Morgan fingerprint density at radius 3 is 2.07 bits per heavy atom. The molecular weight excluding hydrogens is 398 g/mol. The first-order valence-electron chi connectivity index (χ1n) is 8.73. The quantitative estimate of drug-likeness (QED) is 0.336. The topological polar surface area (TPSA) is 30.0 Å². The molecule has 1 heterocycles. The van der Waals surface area contributed by atoms with E-state index in [0.717, 1.165) is 43.7 Å². The Labute approximate surface area is 165 Å². The summed E-state index contributed by atoms with van der Waals surface area (Å²) in [6.45, 7) is 0. The smallest absolute Gasteiger partial charge is 0.196 e. The summed E-state index contributed by atoms with van der Waals surface area (Å²) in [5, 5.41) is 0. The SMILES string of the molecule is O=C1c2ccccc2-c2nc(-c3ccc(Br)cc3)cc(-c3ccccc3)c21. The third-order valence-electron chi connectivity index (χ3n) is 4.90. The fraction of sp³-hybridized carbons (Fsp3) is 0. The molecule has 4 aromatic rings. The van der Waals surface area contributed by atoms with E-state index in [2.05, 4.69) is 15.9 Å². The molecule has 0 unspecified atom stereocenters. The molecular formula is C24H14BrNO. The van der Waals surface area contributed by atoms with Gasteiger partial charge in [-0.1, -0.05) is 82.7 Å². The number of nitrogens with zero attached hydrogens (tertiary/aromatic N) is 1. The Bertz CT molecular complexity index is 1180. The van der Waals surface area contributed by atoms with Gasteiger partial charge in [0.25, 0.3) is 0 Å². The van der Waals surface area contributed by atoms with Crippen LogP contribution in [0.5, 0.6) is 0 Å². The lowest BCUT2D eigenvalue weighted by molar-refractivity contribution is 0.104. The number of halogens is 1. The highest BCUT2D eigenvalue weighted by Gasteiger charge is 2.31. The predicted molar refractivity (Wildman–Crippen MR) is 112 cm³/mol. The lowest BCUT2D eigenvalue weighted by Crippen LogP contribution is -2.00. The van der Waals surface area contributed by atoms with Gasteiger partial charge >= 0.3 is 0 Å². The van der Waals surface area contributed by atoms with Crippen molar-refractivity contribution in [3.05, 3.63) is 101 Å². The second-order valence-electron chi connectivity index (χ2n) is 6.53. The molecule has 0 atom stereocenters. The summed E-state index contributed by atoms with van der Waals surface area (Å²) in [5.41, 5.74) is 6.95. The van der Waals surface area contributed by atoms with E-state index in [-0.39, 0.29) is 5.78 Å².